The largest absolute Gasteiger partial charge is 0.378 e. The van der Waals surface area contributed by atoms with Gasteiger partial charge in [0.05, 0.1) is 23.3 Å². The van der Waals surface area contributed by atoms with Crippen LogP contribution in [0.15, 0.2) is 73.2 Å². The molecule has 128 valence electrons. The first kappa shape index (κ1) is 16.0. The Hall–Kier alpha value is -3.54. The third-order valence-corrected chi connectivity index (χ3v) is 4.11. The molecule has 4 aromatic rings. The van der Waals surface area contributed by atoms with Gasteiger partial charge < -0.3 is 4.90 Å². The summed E-state index contributed by atoms with van der Waals surface area (Å²) in [6.07, 6.45) is 5.45. The van der Waals surface area contributed by atoms with E-state index in [4.69, 9.17) is 0 Å². The smallest absolute Gasteiger partial charge is 0.113 e. The maximum Gasteiger partial charge on any atom is 0.113 e. The SMILES string of the molecule is CN(C)c1ccc(-n2cc(-c3ccnc(-c4ccccn4)c3)nn2)cc1. The molecule has 0 atom stereocenters. The second-order valence-corrected chi connectivity index (χ2v) is 6.10. The lowest BCUT2D eigenvalue weighted by molar-refractivity contribution is 0.803. The minimum absolute atomic E-state index is 0.793. The van der Waals surface area contributed by atoms with Crippen molar-refractivity contribution >= 4 is 5.69 Å². The zero-order chi connectivity index (χ0) is 17.9. The number of anilines is 1. The van der Waals surface area contributed by atoms with Crippen molar-refractivity contribution in [3.05, 3.63) is 73.2 Å². The van der Waals surface area contributed by atoms with Crippen LogP contribution in [0.25, 0.3) is 28.3 Å². The van der Waals surface area contributed by atoms with Crippen LogP contribution in [0.2, 0.25) is 0 Å². The third kappa shape index (κ3) is 3.17. The van der Waals surface area contributed by atoms with E-state index in [1.807, 2.05) is 62.8 Å². The number of pyridine rings is 2. The average molecular weight is 342 g/mol. The van der Waals surface area contributed by atoms with Crippen LogP contribution >= 0.6 is 0 Å². The second-order valence-electron chi connectivity index (χ2n) is 6.10. The molecule has 0 aliphatic heterocycles. The summed E-state index contributed by atoms with van der Waals surface area (Å²) in [7, 11) is 4.04. The molecular weight excluding hydrogens is 324 g/mol. The first-order valence-electron chi connectivity index (χ1n) is 8.29. The van der Waals surface area contributed by atoms with Gasteiger partial charge >= 0.3 is 0 Å². The van der Waals surface area contributed by atoms with Crippen molar-refractivity contribution in [2.45, 2.75) is 0 Å². The highest BCUT2D eigenvalue weighted by molar-refractivity contribution is 5.65. The highest BCUT2D eigenvalue weighted by atomic mass is 15.4. The summed E-state index contributed by atoms with van der Waals surface area (Å²) in [5, 5.41) is 8.57. The summed E-state index contributed by atoms with van der Waals surface area (Å²) >= 11 is 0. The fourth-order valence-corrected chi connectivity index (χ4v) is 2.67. The van der Waals surface area contributed by atoms with E-state index in [2.05, 4.69) is 37.3 Å². The Labute approximate surface area is 151 Å². The molecule has 0 N–H and O–H groups in total. The van der Waals surface area contributed by atoms with Gasteiger partial charge in [0.1, 0.15) is 5.69 Å². The normalized spacial score (nSPS) is 10.7. The van der Waals surface area contributed by atoms with Crippen molar-refractivity contribution in [1.29, 1.82) is 0 Å². The fourth-order valence-electron chi connectivity index (χ4n) is 2.67. The van der Waals surface area contributed by atoms with Crippen molar-refractivity contribution in [2.24, 2.45) is 0 Å². The molecule has 4 rings (SSSR count). The standard InChI is InChI=1S/C20H18N6/c1-25(2)16-6-8-17(9-7-16)26-14-20(23-24-26)15-10-12-22-19(13-15)18-5-3-4-11-21-18/h3-14H,1-2H3. The van der Waals surface area contributed by atoms with Gasteiger partial charge in [-0.25, -0.2) is 4.68 Å². The van der Waals surface area contributed by atoms with Gasteiger partial charge in [0.2, 0.25) is 0 Å². The molecule has 0 saturated carbocycles. The van der Waals surface area contributed by atoms with Crippen molar-refractivity contribution in [1.82, 2.24) is 25.0 Å². The fraction of sp³-hybridized carbons (Fsp3) is 0.100. The average Bonchev–Trinajstić information content (AvgIpc) is 3.19. The number of hydrogen-bond acceptors (Lipinski definition) is 5. The van der Waals surface area contributed by atoms with E-state index in [9.17, 15) is 0 Å². The number of hydrogen-bond donors (Lipinski definition) is 0. The van der Waals surface area contributed by atoms with Gasteiger partial charge in [0.25, 0.3) is 0 Å². The highest BCUT2D eigenvalue weighted by Crippen LogP contribution is 2.23. The van der Waals surface area contributed by atoms with Gasteiger partial charge in [-0.05, 0) is 48.5 Å². The Balaban J connectivity index is 1.64. The van der Waals surface area contributed by atoms with E-state index in [1.165, 1.54) is 0 Å². The summed E-state index contributed by atoms with van der Waals surface area (Å²) in [6, 6.07) is 17.9. The molecule has 26 heavy (non-hydrogen) atoms. The molecule has 1 aromatic carbocycles. The number of aromatic nitrogens is 5. The van der Waals surface area contributed by atoms with Crippen molar-refractivity contribution in [2.75, 3.05) is 19.0 Å². The summed E-state index contributed by atoms with van der Waals surface area (Å²) < 4.78 is 1.77. The lowest BCUT2D eigenvalue weighted by Crippen LogP contribution is -2.08. The molecule has 3 heterocycles. The molecule has 0 aliphatic carbocycles. The van der Waals surface area contributed by atoms with Crippen LogP contribution in [0, 0.1) is 0 Å². The topological polar surface area (TPSA) is 59.7 Å². The molecule has 0 bridgehead atoms. The maximum atomic E-state index is 4.40. The van der Waals surface area contributed by atoms with Crippen LogP contribution < -0.4 is 4.90 Å². The second kappa shape index (κ2) is 6.76. The Bertz CT molecular complexity index is 1010. The van der Waals surface area contributed by atoms with Crippen LogP contribution in [0.5, 0.6) is 0 Å². The molecule has 0 aliphatic rings. The Morgan fingerprint density at radius 1 is 0.808 bits per heavy atom. The quantitative estimate of drug-likeness (QED) is 0.568. The predicted octanol–water partition coefficient (Wildman–Crippen LogP) is 3.46. The van der Waals surface area contributed by atoms with Gasteiger partial charge in [-0.2, -0.15) is 0 Å². The van der Waals surface area contributed by atoms with Gasteiger partial charge in [-0.15, -0.1) is 5.10 Å². The van der Waals surface area contributed by atoms with Gasteiger partial charge in [0.15, 0.2) is 0 Å². The van der Waals surface area contributed by atoms with Crippen molar-refractivity contribution in [3.8, 4) is 28.3 Å². The molecule has 0 unspecified atom stereocenters. The number of benzene rings is 1. The summed E-state index contributed by atoms with van der Waals surface area (Å²) in [5.41, 5.74) is 5.50. The lowest BCUT2D eigenvalue weighted by Gasteiger charge is -2.12. The molecule has 6 nitrogen and oxygen atoms in total. The molecule has 0 fully saturated rings. The Kier molecular flexibility index (Phi) is 4.15. The molecule has 3 aromatic heterocycles. The first-order chi connectivity index (χ1) is 12.7. The van der Waals surface area contributed by atoms with Crippen molar-refractivity contribution < 1.29 is 0 Å². The van der Waals surface area contributed by atoms with Crippen LogP contribution in [0.1, 0.15) is 0 Å². The number of nitrogens with zero attached hydrogens (tertiary/aromatic N) is 6. The Morgan fingerprint density at radius 3 is 2.35 bits per heavy atom. The highest BCUT2D eigenvalue weighted by Gasteiger charge is 2.08. The third-order valence-electron chi connectivity index (χ3n) is 4.11. The van der Waals surface area contributed by atoms with E-state index < -0.39 is 0 Å². The van der Waals surface area contributed by atoms with Gasteiger partial charge in [0, 0.05) is 37.7 Å². The summed E-state index contributed by atoms with van der Waals surface area (Å²) in [6.45, 7) is 0. The van der Waals surface area contributed by atoms with Crippen LogP contribution in [0.3, 0.4) is 0 Å². The van der Waals surface area contributed by atoms with Crippen LogP contribution in [-0.4, -0.2) is 39.1 Å². The molecule has 0 radical (unpaired) electrons. The molecule has 0 saturated heterocycles. The van der Waals surface area contributed by atoms with E-state index >= 15 is 0 Å². The van der Waals surface area contributed by atoms with E-state index in [1.54, 1.807) is 17.1 Å². The summed E-state index contributed by atoms with van der Waals surface area (Å²) in [4.78, 5) is 10.8. The van der Waals surface area contributed by atoms with Crippen molar-refractivity contribution in [3.63, 3.8) is 0 Å². The zero-order valence-electron chi connectivity index (χ0n) is 14.6. The van der Waals surface area contributed by atoms with Crippen LogP contribution in [0.4, 0.5) is 5.69 Å². The lowest BCUT2D eigenvalue weighted by atomic mass is 10.1. The van der Waals surface area contributed by atoms with E-state index in [0.29, 0.717) is 0 Å². The molecule has 0 amide bonds. The van der Waals surface area contributed by atoms with Gasteiger partial charge in [-0.3, -0.25) is 9.97 Å². The molecule has 6 heteroatoms. The minimum Gasteiger partial charge on any atom is -0.378 e. The zero-order valence-corrected chi connectivity index (χ0v) is 14.6. The Morgan fingerprint density at radius 2 is 1.62 bits per heavy atom. The first-order valence-corrected chi connectivity index (χ1v) is 8.29. The van der Waals surface area contributed by atoms with Gasteiger partial charge in [-0.1, -0.05) is 11.3 Å². The van der Waals surface area contributed by atoms with Crippen LogP contribution in [-0.2, 0) is 0 Å². The number of rotatable bonds is 4. The molecule has 0 spiro atoms. The van der Waals surface area contributed by atoms with E-state index in [-0.39, 0.29) is 0 Å². The predicted molar refractivity (Wildman–Crippen MR) is 102 cm³/mol. The summed E-state index contributed by atoms with van der Waals surface area (Å²) in [5.74, 6) is 0. The minimum atomic E-state index is 0.793. The van der Waals surface area contributed by atoms with E-state index in [0.717, 1.165) is 34.0 Å². The molecular formula is C20H18N6. The maximum absolute atomic E-state index is 4.40. The monoisotopic (exact) mass is 342 g/mol.